The highest BCUT2D eigenvalue weighted by molar-refractivity contribution is 14.1. The number of ether oxygens (including phenoxy) is 1. The first kappa shape index (κ1) is 12.4. The summed E-state index contributed by atoms with van der Waals surface area (Å²) < 4.78 is 6.34. The highest BCUT2D eigenvalue weighted by Crippen LogP contribution is 2.27. The number of carbonyl (C=O) groups is 1. The van der Waals surface area contributed by atoms with Gasteiger partial charge in [0.05, 0.1) is 24.6 Å². The van der Waals surface area contributed by atoms with E-state index in [1.807, 2.05) is 23.1 Å². The minimum absolute atomic E-state index is 0.320. The summed E-state index contributed by atoms with van der Waals surface area (Å²) in [6, 6.07) is 5.31. The molecule has 0 aliphatic carbocycles. The van der Waals surface area contributed by atoms with E-state index in [9.17, 15) is 4.79 Å². The van der Waals surface area contributed by atoms with Crippen LogP contribution in [0.15, 0.2) is 18.2 Å². The minimum atomic E-state index is -0.439. The van der Waals surface area contributed by atoms with E-state index in [0.29, 0.717) is 25.4 Å². The van der Waals surface area contributed by atoms with Crippen LogP contribution in [0.2, 0.25) is 0 Å². The molecule has 1 saturated heterocycles. The van der Waals surface area contributed by atoms with Crippen LogP contribution < -0.4 is 16.4 Å². The zero-order valence-electron chi connectivity index (χ0n) is 9.23. The second-order valence-electron chi connectivity index (χ2n) is 3.89. The Balaban J connectivity index is 2.32. The molecule has 1 aromatic rings. The van der Waals surface area contributed by atoms with Crippen LogP contribution in [0.5, 0.6) is 0 Å². The van der Waals surface area contributed by atoms with Gasteiger partial charge in [-0.3, -0.25) is 4.79 Å². The van der Waals surface area contributed by atoms with E-state index in [1.165, 1.54) is 0 Å². The van der Waals surface area contributed by atoms with Crippen molar-refractivity contribution in [3.63, 3.8) is 0 Å². The molecule has 4 N–H and O–H groups in total. The fourth-order valence-corrected chi connectivity index (χ4v) is 2.43. The van der Waals surface area contributed by atoms with Gasteiger partial charge in [-0.15, -0.1) is 0 Å². The van der Waals surface area contributed by atoms with Gasteiger partial charge >= 0.3 is 0 Å². The van der Waals surface area contributed by atoms with Crippen molar-refractivity contribution in [2.75, 3.05) is 30.4 Å². The number of nitrogens with two attached hydrogens (primary N) is 2. The molecule has 0 radical (unpaired) electrons. The fourth-order valence-electron chi connectivity index (χ4n) is 1.91. The van der Waals surface area contributed by atoms with E-state index in [0.717, 1.165) is 9.26 Å². The molecule has 1 atom stereocenters. The standard InChI is InChI=1S/C11H14IN3O2/c12-7-1-2-9(8(13)5-7)15-3-4-17-6-10(15)11(14)16/h1-2,5,10H,3-4,6,13H2,(H2,14,16). The maximum absolute atomic E-state index is 11.4. The van der Waals surface area contributed by atoms with Gasteiger partial charge in [-0.2, -0.15) is 0 Å². The second kappa shape index (κ2) is 5.09. The molecule has 1 fully saturated rings. The Bertz CT molecular complexity index is 439. The van der Waals surface area contributed by atoms with Gasteiger partial charge in [0.25, 0.3) is 0 Å². The third-order valence-corrected chi connectivity index (χ3v) is 3.43. The van der Waals surface area contributed by atoms with Gasteiger partial charge < -0.3 is 21.1 Å². The summed E-state index contributed by atoms with van der Waals surface area (Å²) in [6.45, 7) is 1.52. The number of halogens is 1. The Morgan fingerprint density at radius 1 is 1.53 bits per heavy atom. The van der Waals surface area contributed by atoms with E-state index in [4.69, 9.17) is 16.2 Å². The lowest BCUT2D eigenvalue weighted by Gasteiger charge is -2.36. The second-order valence-corrected chi connectivity index (χ2v) is 5.14. The summed E-state index contributed by atoms with van der Waals surface area (Å²) in [4.78, 5) is 13.3. The van der Waals surface area contributed by atoms with Gasteiger partial charge in [-0.25, -0.2) is 0 Å². The Morgan fingerprint density at radius 2 is 2.29 bits per heavy atom. The normalized spacial score (nSPS) is 20.3. The molecule has 2 rings (SSSR count). The molecule has 17 heavy (non-hydrogen) atoms. The molecule has 92 valence electrons. The van der Waals surface area contributed by atoms with Crippen molar-refractivity contribution in [1.29, 1.82) is 0 Å². The maximum Gasteiger partial charge on any atom is 0.242 e. The molecule has 0 spiro atoms. The first-order valence-electron chi connectivity index (χ1n) is 5.28. The van der Waals surface area contributed by atoms with Crippen LogP contribution in [0.3, 0.4) is 0 Å². The number of nitrogens with zero attached hydrogens (tertiary/aromatic N) is 1. The van der Waals surface area contributed by atoms with Gasteiger partial charge in [-0.1, -0.05) is 0 Å². The molecule has 0 saturated carbocycles. The Hall–Kier alpha value is -1.02. The van der Waals surface area contributed by atoms with Crippen LogP contribution in [0, 0.1) is 3.57 Å². The summed E-state index contributed by atoms with van der Waals surface area (Å²) in [5.41, 5.74) is 12.8. The Morgan fingerprint density at radius 3 is 2.94 bits per heavy atom. The average Bonchev–Trinajstić information content (AvgIpc) is 2.29. The fraction of sp³-hybridized carbons (Fsp3) is 0.364. The molecule has 1 unspecified atom stereocenters. The van der Waals surface area contributed by atoms with Crippen molar-refractivity contribution < 1.29 is 9.53 Å². The quantitative estimate of drug-likeness (QED) is 0.605. The van der Waals surface area contributed by atoms with Crippen molar-refractivity contribution in [2.45, 2.75) is 6.04 Å². The summed E-state index contributed by atoms with van der Waals surface area (Å²) >= 11 is 2.20. The van der Waals surface area contributed by atoms with E-state index >= 15 is 0 Å². The monoisotopic (exact) mass is 347 g/mol. The summed E-state index contributed by atoms with van der Waals surface area (Å²) in [6.07, 6.45) is 0. The minimum Gasteiger partial charge on any atom is -0.397 e. The van der Waals surface area contributed by atoms with Crippen LogP contribution in [0.25, 0.3) is 0 Å². The molecule has 1 heterocycles. The zero-order valence-corrected chi connectivity index (χ0v) is 11.4. The lowest BCUT2D eigenvalue weighted by molar-refractivity contribution is -0.121. The molecule has 1 aliphatic heterocycles. The van der Waals surface area contributed by atoms with Crippen LogP contribution in [0.4, 0.5) is 11.4 Å². The first-order valence-corrected chi connectivity index (χ1v) is 6.36. The van der Waals surface area contributed by atoms with E-state index in [1.54, 1.807) is 0 Å². The van der Waals surface area contributed by atoms with E-state index < -0.39 is 6.04 Å². The third-order valence-electron chi connectivity index (χ3n) is 2.76. The number of rotatable bonds is 2. The first-order chi connectivity index (χ1) is 8.09. The molecule has 1 amide bonds. The molecule has 0 bridgehead atoms. The van der Waals surface area contributed by atoms with E-state index in [2.05, 4.69) is 22.6 Å². The number of benzene rings is 1. The van der Waals surface area contributed by atoms with Crippen LogP contribution in [0.1, 0.15) is 0 Å². The van der Waals surface area contributed by atoms with Crippen molar-refractivity contribution in [3.8, 4) is 0 Å². The molecule has 1 aliphatic rings. The predicted octanol–water partition coefficient (Wildman–Crippen LogP) is 0.564. The van der Waals surface area contributed by atoms with Gasteiger partial charge in [-0.05, 0) is 40.8 Å². The van der Waals surface area contributed by atoms with Crippen molar-refractivity contribution in [2.24, 2.45) is 5.73 Å². The maximum atomic E-state index is 11.4. The average molecular weight is 347 g/mol. The largest absolute Gasteiger partial charge is 0.397 e. The number of primary amides is 1. The number of amides is 1. The van der Waals surface area contributed by atoms with Crippen molar-refractivity contribution in [3.05, 3.63) is 21.8 Å². The van der Waals surface area contributed by atoms with E-state index in [-0.39, 0.29) is 5.91 Å². The van der Waals surface area contributed by atoms with Crippen LogP contribution >= 0.6 is 22.6 Å². The highest BCUT2D eigenvalue weighted by atomic mass is 127. The zero-order chi connectivity index (χ0) is 12.4. The number of morpholine rings is 1. The van der Waals surface area contributed by atoms with Gasteiger partial charge in [0, 0.05) is 10.1 Å². The number of hydrogen-bond acceptors (Lipinski definition) is 4. The SMILES string of the molecule is NC(=O)C1COCCN1c1ccc(I)cc1N. The van der Waals surface area contributed by atoms with Gasteiger partial charge in [0.15, 0.2) is 0 Å². The smallest absolute Gasteiger partial charge is 0.242 e. The lowest BCUT2D eigenvalue weighted by atomic mass is 10.1. The van der Waals surface area contributed by atoms with Crippen molar-refractivity contribution in [1.82, 2.24) is 0 Å². The highest BCUT2D eigenvalue weighted by Gasteiger charge is 2.28. The molecular weight excluding hydrogens is 333 g/mol. The summed E-state index contributed by atoms with van der Waals surface area (Å²) in [7, 11) is 0. The van der Waals surface area contributed by atoms with Crippen molar-refractivity contribution >= 4 is 39.9 Å². The van der Waals surface area contributed by atoms with Crippen LogP contribution in [-0.2, 0) is 9.53 Å². The summed E-state index contributed by atoms with van der Waals surface area (Å²) in [5, 5.41) is 0. The molecule has 0 aromatic heterocycles. The number of hydrogen-bond donors (Lipinski definition) is 2. The predicted molar refractivity (Wildman–Crippen MR) is 74.7 cm³/mol. The summed E-state index contributed by atoms with van der Waals surface area (Å²) in [5.74, 6) is -0.386. The number of nitrogen functional groups attached to an aromatic ring is 1. The third kappa shape index (κ3) is 2.63. The van der Waals surface area contributed by atoms with Crippen LogP contribution in [-0.4, -0.2) is 31.7 Å². The Kier molecular flexibility index (Phi) is 3.72. The van der Waals surface area contributed by atoms with Gasteiger partial charge in [0.1, 0.15) is 6.04 Å². The number of carbonyl (C=O) groups excluding carboxylic acids is 1. The molecule has 5 nitrogen and oxygen atoms in total. The molecule has 6 heteroatoms. The molecular formula is C11H14IN3O2. The molecule has 1 aromatic carbocycles. The Labute approximate surface area is 113 Å². The topological polar surface area (TPSA) is 81.6 Å². The lowest BCUT2D eigenvalue weighted by Crippen LogP contribution is -2.52. The number of anilines is 2. The van der Waals surface area contributed by atoms with Gasteiger partial charge in [0.2, 0.25) is 5.91 Å².